The van der Waals surface area contributed by atoms with E-state index in [1.165, 1.54) is 6.33 Å². The van der Waals surface area contributed by atoms with Gasteiger partial charge in [0.1, 0.15) is 12.1 Å². The number of anilines is 1. The predicted molar refractivity (Wildman–Crippen MR) is 73.7 cm³/mol. The first-order valence-corrected chi connectivity index (χ1v) is 6.28. The molecule has 0 amide bonds. The van der Waals surface area contributed by atoms with Gasteiger partial charge in [0, 0.05) is 18.7 Å². The minimum Gasteiger partial charge on any atom is -0.475 e. The average molecular weight is 252 g/mol. The van der Waals surface area contributed by atoms with Crippen molar-refractivity contribution in [1.29, 1.82) is 0 Å². The van der Waals surface area contributed by atoms with E-state index in [9.17, 15) is 0 Å². The number of nitrogens with one attached hydrogen (secondary N) is 1. The Hall–Kier alpha value is -1.36. The lowest BCUT2D eigenvalue weighted by molar-refractivity contribution is 0.232. The molecule has 0 fully saturated rings. The zero-order valence-electron chi connectivity index (χ0n) is 11.9. The van der Waals surface area contributed by atoms with E-state index >= 15 is 0 Å². The molecule has 5 nitrogen and oxygen atoms in total. The predicted octanol–water partition coefficient (Wildman–Crippen LogP) is 2.05. The van der Waals surface area contributed by atoms with E-state index in [-0.39, 0.29) is 17.6 Å². The first-order valence-electron chi connectivity index (χ1n) is 6.28. The molecule has 3 N–H and O–H groups in total. The normalized spacial score (nSPS) is 13.5. The number of nitrogens with two attached hydrogens (primary N) is 1. The molecule has 5 heteroatoms. The smallest absolute Gasteiger partial charge is 0.218 e. The highest BCUT2D eigenvalue weighted by molar-refractivity contribution is 5.38. The molecule has 1 rings (SSSR count). The molecular formula is C13H24N4O. The number of nitrogens with zero attached hydrogens (tertiary/aromatic N) is 2. The summed E-state index contributed by atoms with van der Waals surface area (Å²) in [5.74, 6) is 1.32. The molecule has 0 saturated heterocycles. The number of hydrogen-bond donors (Lipinski definition) is 2. The van der Waals surface area contributed by atoms with Crippen molar-refractivity contribution in [1.82, 2.24) is 9.97 Å². The largest absolute Gasteiger partial charge is 0.475 e. The summed E-state index contributed by atoms with van der Waals surface area (Å²) < 4.78 is 5.53. The molecule has 0 aliphatic heterocycles. The Morgan fingerprint density at radius 2 is 2.00 bits per heavy atom. The van der Waals surface area contributed by atoms with Crippen LogP contribution < -0.4 is 15.8 Å². The summed E-state index contributed by atoms with van der Waals surface area (Å²) in [4.78, 5) is 8.26. The minimum absolute atomic E-state index is 0.0682. The van der Waals surface area contributed by atoms with Crippen LogP contribution >= 0.6 is 0 Å². The molecule has 1 atom stereocenters. The van der Waals surface area contributed by atoms with Crippen LogP contribution in [0.4, 0.5) is 5.82 Å². The Bertz CT molecular complexity index is 373. The summed E-state index contributed by atoms with van der Waals surface area (Å²) in [5.41, 5.74) is 5.86. The topological polar surface area (TPSA) is 73.1 Å². The quantitative estimate of drug-likeness (QED) is 0.839. The van der Waals surface area contributed by atoms with Gasteiger partial charge < -0.3 is 15.8 Å². The van der Waals surface area contributed by atoms with E-state index in [0.717, 1.165) is 5.82 Å². The number of aromatic nitrogens is 2. The van der Waals surface area contributed by atoms with Crippen LogP contribution in [0.2, 0.25) is 0 Å². The van der Waals surface area contributed by atoms with Crippen LogP contribution in [0, 0.1) is 5.41 Å². The fourth-order valence-corrected chi connectivity index (χ4v) is 1.53. The summed E-state index contributed by atoms with van der Waals surface area (Å²) in [6.07, 6.45) is 1.59. The summed E-state index contributed by atoms with van der Waals surface area (Å²) in [7, 11) is 0. The highest BCUT2D eigenvalue weighted by Gasteiger charge is 2.23. The van der Waals surface area contributed by atoms with E-state index in [1.807, 2.05) is 13.8 Å². The van der Waals surface area contributed by atoms with Gasteiger partial charge in [-0.25, -0.2) is 9.97 Å². The van der Waals surface area contributed by atoms with Gasteiger partial charge >= 0.3 is 0 Å². The third-order valence-electron chi connectivity index (χ3n) is 2.60. The first-order chi connectivity index (χ1) is 8.32. The van der Waals surface area contributed by atoms with Crippen LogP contribution in [0.3, 0.4) is 0 Å². The fraction of sp³-hybridized carbons (Fsp3) is 0.692. The molecule has 0 spiro atoms. The zero-order valence-corrected chi connectivity index (χ0v) is 11.9. The van der Waals surface area contributed by atoms with Crippen molar-refractivity contribution in [2.45, 2.75) is 46.8 Å². The lowest BCUT2D eigenvalue weighted by atomic mass is 9.87. The Balaban J connectivity index is 2.78. The lowest BCUT2D eigenvalue weighted by Gasteiger charge is -2.30. The maximum atomic E-state index is 5.79. The van der Waals surface area contributed by atoms with Crippen molar-refractivity contribution < 1.29 is 4.74 Å². The molecule has 1 aromatic rings. The van der Waals surface area contributed by atoms with Gasteiger partial charge in [-0.2, -0.15) is 0 Å². The Morgan fingerprint density at radius 1 is 1.33 bits per heavy atom. The Kier molecular flexibility index (Phi) is 4.90. The summed E-state index contributed by atoms with van der Waals surface area (Å²) >= 11 is 0. The van der Waals surface area contributed by atoms with Crippen molar-refractivity contribution in [3.8, 4) is 5.88 Å². The number of hydrogen-bond acceptors (Lipinski definition) is 5. The number of ether oxygens (including phenoxy) is 1. The highest BCUT2D eigenvalue weighted by atomic mass is 16.5. The van der Waals surface area contributed by atoms with Crippen LogP contribution in [0.25, 0.3) is 0 Å². The van der Waals surface area contributed by atoms with Crippen LogP contribution in [0.5, 0.6) is 5.88 Å². The van der Waals surface area contributed by atoms with Crippen molar-refractivity contribution in [3.05, 3.63) is 12.4 Å². The molecule has 0 radical (unpaired) electrons. The summed E-state index contributed by atoms with van der Waals surface area (Å²) in [5, 5.41) is 3.33. The van der Waals surface area contributed by atoms with Gasteiger partial charge in [0.15, 0.2) is 0 Å². The molecule has 1 aromatic heterocycles. The average Bonchev–Trinajstić information content (AvgIpc) is 2.23. The molecule has 18 heavy (non-hydrogen) atoms. The standard InChI is InChI=1S/C13H24N4O/c1-9(2)18-12-6-11(15-8-16-12)17-10(7-14)13(3,4)5/h6,8-10H,7,14H2,1-5H3,(H,15,16,17). The molecule has 0 saturated carbocycles. The SMILES string of the molecule is CC(C)Oc1cc(NC(CN)C(C)(C)C)ncn1. The minimum atomic E-state index is 0.0682. The van der Waals surface area contributed by atoms with E-state index in [1.54, 1.807) is 6.07 Å². The molecular weight excluding hydrogens is 228 g/mol. The maximum absolute atomic E-state index is 5.79. The lowest BCUT2D eigenvalue weighted by Crippen LogP contribution is -2.40. The van der Waals surface area contributed by atoms with Crippen LogP contribution in [0.15, 0.2) is 12.4 Å². The van der Waals surface area contributed by atoms with Crippen molar-refractivity contribution in [2.24, 2.45) is 11.1 Å². The summed E-state index contributed by atoms with van der Waals surface area (Å²) in [6, 6.07) is 1.95. The van der Waals surface area contributed by atoms with Crippen LogP contribution in [0.1, 0.15) is 34.6 Å². The third kappa shape index (κ3) is 4.49. The van der Waals surface area contributed by atoms with E-state index in [2.05, 4.69) is 36.1 Å². The van der Waals surface area contributed by atoms with Gasteiger partial charge in [-0.1, -0.05) is 20.8 Å². The van der Waals surface area contributed by atoms with Crippen molar-refractivity contribution in [3.63, 3.8) is 0 Å². The second-order valence-corrected chi connectivity index (χ2v) is 5.71. The third-order valence-corrected chi connectivity index (χ3v) is 2.60. The van der Waals surface area contributed by atoms with Gasteiger partial charge in [0.2, 0.25) is 5.88 Å². The second-order valence-electron chi connectivity index (χ2n) is 5.71. The first kappa shape index (κ1) is 14.7. The Labute approximate surface area is 109 Å². The van der Waals surface area contributed by atoms with Crippen LogP contribution in [-0.2, 0) is 0 Å². The fourth-order valence-electron chi connectivity index (χ4n) is 1.53. The molecule has 102 valence electrons. The van der Waals surface area contributed by atoms with Gasteiger partial charge in [-0.3, -0.25) is 0 Å². The van der Waals surface area contributed by atoms with Gasteiger partial charge in [0.05, 0.1) is 6.10 Å². The molecule has 1 heterocycles. The Morgan fingerprint density at radius 3 is 2.50 bits per heavy atom. The zero-order chi connectivity index (χ0) is 13.8. The van der Waals surface area contributed by atoms with E-state index < -0.39 is 0 Å². The van der Waals surface area contributed by atoms with Crippen molar-refractivity contribution in [2.75, 3.05) is 11.9 Å². The molecule has 0 bridgehead atoms. The summed E-state index contributed by atoms with van der Waals surface area (Å²) in [6.45, 7) is 10.9. The molecule has 0 aliphatic rings. The van der Waals surface area contributed by atoms with Gasteiger partial charge in [-0.05, 0) is 19.3 Å². The van der Waals surface area contributed by atoms with Gasteiger partial charge in [0.25, 0.3) is 0 Å². The van der Waals surface area contributed by atoms with Gasteiger partial charge in [-0.15, -0.1) is 0 Å². The van der Waals surface area contributed by atoms with E-state index in [4.69, 9.17) is 10.5 Å². The van der Waals surface area contributed by atoms with Crippen molar-refractivity contribution >= 4 is 5.82 Å². The maximum Gasteiger partial charge on any atom is 0.218 e. The van der Waals surface area contributed by atoms with E-state index in [0.29, 0.717) is 12.4 Å². The monoisotopic (exact) mass is 252 g/mol. The molecule has 0 aliphatic carbocycles. The number of rotatable bonds is 5. The molecule has 1 unspecified atom stereocenters. The molecule has 0 aromatic carbocycles. The second kappa shape index (κ2) is 6.00. The highest BCUT2D eigenvalue weighted by Crippen LogP contribution is 2.22. The van der Waals surface area contributed by atoms with Crippen LogP contribution in [-0.4, -0.2) is 28.7 Å².